The summed E-state index contributed by atoms with van der Waals surface area (Å²) < 4.78 is 34.0. The Bertz CT molecular complexity index is 912. The van der Waals surface area contributed by atoms with Crippen molar-refractivity contribution in [2.75, 3.05) is 11.3 Å². The van der Waals surface area contributed by atoms with Gasteiger partial charge in [0.1, 0.15) is 5.75 Å². The first-order valence-electron chi connectivity index (χ1n) is 7.93. The molecular weight excluding hydrogens is 422 g/mol. The Hall–Kier alpha value is -2.06. The molecule has 0 aromatic heterocycles. The minimum atomic E-state index is -3.72. The number of hydrogen-bond acceptors (Lipinski definition) is 4. The predicted octanol–water partition coefficient (Wildman–Crippen LogP) is 4.11. The van der Waals surface area contributed by atoms with Crippen LogP contribution in [0.3, 0.4) is 0 Å². The van der Waals surface area contributed by atoms with Crippen LogP contribution in [0.5, 0.6) is 5.75 Å². The fraction of sp³-hybridized carbons (Fsp3) is 0.278. The van der Waals surface area contributed by atoms with Crippen LogP contribution in [0.2, 0.25) is 0 Å². The van der Waals surface area contributed by atoms with Gasteiger partial charge in [-0.25, -0.2) is 8.42 Å². The predicted molar refractivity (Wildman–Crippen MR) is 103 cm³/mol. The summed E-state index contributed by atoms with van der Waals surface area (Å²) in [7, 11) is -3.72. The van der Waals surface area contributed by atoms with Crippen molar-refractivity contribution >= 4 is 37.6 Å². The van der Waals surface area contributed by atoms with Crippen LogP contribution in [0.1, 0.15) is 24.0 Å². The lowest BCUT2D eigenvalue weighted by Gasteiger charge is -2.12. The van der Waals surface area contributed by atoms with Gasteiger partial charge in [0.25, 0.3) is 10.0 Å². The lowest BCUT2D eigenvalue weighted by atomic mass is 10.2. The summed E-state index contributed by atoms with van der Waals surface area (Å²) in [5, 5.41) is 8.61. The fourth-order valence-corrected chi connectivity index (χ4v) is 3.74. The quantitative estimate of drug-likeness (QED) is 0.601. The third-order valence-corrected chi connectivity index (χ3v) is 5.91. The van der Waals surface area contributed by atoms with Gasteiger partial charge in [-0.1, -0.05) is 22.0 Å². The topological polar surface area (TPSA) is 92.7 Å². The molecule has 0 aliphatic rings. The summed E-state index contributed by atoms with van der Waals surface area (Å²) in [6, 6.07) is 9.80. The molecule has 2 aromatic rings. The van der Waals surface area contributed by atoms with E-state index in [4.69, 9.17) is 9.84 Å². The van der Waals surface area contributed by atoms with Gasteiger partial charge in [-0.05, 0) is 61.7 Å². The largest absolute Gasteiger partial charge is 0.493 e. The number of carboxylic acids is 1. The molecule has 0 bridgehead atoms. The first kappa shape index (κ1) is 20.3. The molecule has 2 N–H and O–H groups in total. The van der Waals surface area contributed by atoms with Crippen LogP contribution in [-0.2, 0) is 14.8 Å². The number of halogens is 1. The Morgan fingerprint density at radius 2 is 1.88 bits per heavy atom. The highest BCUT2D eigenvalue weighted by molar-refractivity contribution is 9.10. The molecule has 0 atom stereocenters. The Kier molecular flexibility index (Phi) is 6.66. The van der Waals surface area contributed by atoms with E-state index < -0.39 is 16.0 Å². The van der Waals surface area contributed by atoms with Crippen LogP contribution in [0, 0.1) is 13.8 Å². The highest BCUT2D eigenvalue weighted by atomic mass is 79.9. The SMILES string of the molecule is Cc1ccc(NS(=O)(=O)c2ccc(OCCCC(=O)O)c(C)c2)cc1Br. The van der Waals surface area contributed by atoms with E-state index in [-0.39, 0.29) is 17.9 Å². The van der Waals surface area contributed by atoms with E-state index in [0.29, 0.717) is 23.4 Å². The van der Waals surface area contributed by atoms with Crippen molar-refractivity contribution in [2.24, 2.45) is 0 Å². The minimum absolute atomic E-state index is 0.0293. The Balaban J connectivity index is 2.10. The molecule has 0 saturated carbocycles. The molecule has 2 aromatic carbocycles. The molecule has 8 heteroatoms. The van der Waals surface area contributed by atoms with Crippen molar-refractivity contribution in [3.63, 3.8) is 0 Å². The van der Waals surface area contributed by atoms with Crippen LogP contribution in [0.4, 0.5) is 5.69 Å². The maximum Gasteiger partial charge on any atom is 0.303 e. The van der Waals surface area contributed by atoms with E-state index in [1.54, 1.807) is 25.1 Å². The third kappa shape index (κ3) is 5.47. The van der Waals surface area contributed by atoms with Crippen molar-refractivity contribution in [3.05, 3.63) is 52.0 Å². The van der Waals surface area contributed by atoms with E-state index in [1.165, 1.54) is 12.1 Å². The van der Waals surface area contributed by atoms with E-state index in [1.807, 2.05) is 13.0 Å². The van der Waals surface area contributed by atoms with Gasteiger partial charge in [-0.15, -0.1) is 0 Å². The second-order valence-electron chi connectivity index (χ2n) is 5.84. The Labute approximate surface area is 161 Å². The number of sulfonamides is 1. The van der Waals surface area contributed by atoms with Crippen LogP contribution in [0.15, 0.2) is 45.8 Å². The summed E-state index contributed by atoms with van der Waals surface area (Å²) in [6.07, 6.45) is 0.417. The molecule has 0 radical (unpaired) electrons. The number of anilines is 1. The maximum absolute atomic E-state index is 12.6. The lowest BCUT2D eigenvalue weighted by molar-refractivity contribution is -0.137. The molecule has 2 rings (SSSR count). The number of carbonyl (C=O) groups is 1. The Morgan fingerprint density at radius 3 is 2.50 bits per heavy atom. The number of aliphatic carboxylic acids is 1. The molecular formula is C18H20BrNO5S. The number of nitrogens with one attached hydrogen (secondary N) is 1. The van der Waals surface area contributed by atoms with Gasteiger partial charge in [0.2, 0.25) is 0 Å². The second kappa shape index (κ2) is 8.55. The van der Waals surface area contributed by atoms with Gasteiger partial charge < -0.3 is 9.84 Å². The number of benzene rings is 2. The summed E-state index contributed by atoms with van der Waals surface area (Å²) in [5.41, 5.74) is 2.13. The Morgan fingerprint density at radius 1 is 1.15 bits per heavy atom. The van der Waals surface area contributed by atoms with Crippen LogP contribution >= 0.6 is 15.9 Å². The fourth-order valence-electron chi connectivity index (χ4n) is 2.23. The van der Waals surface area contributed by atoms with E-state index >= 15 is 0 Å². The number of carboxylic acid groups (broad SMARTS) is 1. The highest BCUT2D eigenvalue weighted by Gasteiger charge is 2.16. The monoisotopic (exact) mass is 441 g/mol. The first-order chi connectivity index (χ1) is 12.2. The smallest absolute Gasteiger partial charge is 0.303 e. The zero-order valence-electron chi connectivity index (χ0n) is 14.5. The highest BCUT2D eigenvalue weighted by Crippen LogP contribution is 2.26. The molecule has 0 heterocycles. The summed E-state index contributed by atoms with van der Waals surface area (Å²) in [5.74, 6) is -0.340. The van der Waals surface area contributed by atoms with Crippen LogP contribution < -0.4 is 9.46 Å². The van der Waals surface area contributed by atoms with Crippen LogP contribution in [-0.4, -0.2) is 26.1 Å². The van der Waals surface area contributed by atoms with E-state index in [0.717, 1.165) is 10.0 Å². The van der Waals surface area contributed by atoms with Crippen molar-refractivity contribution < 1.29 is 23.1 Å². The lowest BCUT2D eigenvalue weighted by Crippen LogP contribution is -2.13. The van der Waals surface area contributed by atoms with E-state index in [2.05, 4.69) is 20.7 Å². The number of aryl methyl sites for hydroxylation is 2. The zero-order chi connectivity index (χ0) is 19.3. The average Bonchev–Trinajstić information content (AvgIpc) is 2.55. The molecule has 26 heavy (non-hydrogen) atoms. The van der Waals surface area contributed by atoms with Gasteiger partial charge in [-0.3, -0.25) is 9.52 Å². The van der Waals surface area contributed by atoms with Crippen molar-refractivity contribution in [1.82, 2.24) is 0 Å². The van der Waals surface area contributed by atoms with E-state index in [9.17, 15) is 13.2 Å². The maximum atomic E-state index is 12.6. The number of ether oxygens (including phenoxy) is 1. The average molecular weight is 442 g/mol. The number of hydrogen-bond donors (Lipinski definition) is 2. The summed E-state index contributed by atoms with van der Waals surface area (Å²) in [6.45, 7) is 3.92. The molecule has 0 amide bonds. The molecule has 0 saturated heterocycles. The van der Waals surface area contributed by atoms with Crippen LogP contribution in [0.25, 0.3) is 0 Å². The molecule has 0 aliphatic carbocycles. The van der Waals surface area contributed by atoms with Gasteiger partial charge in [0, 0.05) is 16.6 Å². The molecule has 6 nitrogen and oxygen atoms in total. The summed E-state index contributed by atoms with van der Waals surface area (Å²) >= 11 is 3.38. The van der Waals surface area contributed by atoms with Crippen molar-refractivity contribution in [1.29, 1.82) is 0 Å². The standard InChI is InChI=1S/C18H20BrNO5S/c1-12-5-6-14(11-16(12)19)20-26(23,24)15-7-8-17(13(2)10-15)25-9-3-4-18(21)22/h5-8,10-11,20H,3-4,9H2,1-2H3,(H,21,22). The van der Waals surface area contributed by atoms with Crippen molar-refractivity contribution in [3.8, 4) is 5.75 Å². The van der Waals surface area contributed by atoms with Gasteiger partial charge in [0.05, 0.1) is 11.5 Å². The first-order valence-corrected chi connectivity index (χ1v) is 10.2. The zero-order valence-corrected chi connectivity index (χ0v) is 16.9. The second-order valence-corrected chi connectivity index (χ2v) is 8.38. The molecule has 0 unspecified atom stereocenters. The third-order valence-electron chi connectivity index (χ3n) is 3.67. The normalized spacial score (nSPS) is 11.2. The van der Waals surface area contributed by atoms with Crippen molar-refractivity contribution in [2.45, 2.75) is 31.6 Å². The van der Waals surface area contributed by atoms with Gasteiger partial charge >= 0.3 is 5.97 Å². The number of rotatable bonds is 8. The van der Waals surface area contributed by atoms with Gasteiger partial charge in [-0.2, -0.15) is 0 Å². The molecule has 0 spiro atoms. The minimum Gasteiger partial charge on any atom is -0.493 e. The molecule has 0 fully saturated rings. The van der Waals surface area contributed by atoms with Gasteiger partial charge in [0.15, 0.2) is 0 Å². The molecule has 0 aliphatic heterocycles. The molecule has 140 valence electrons. The summed E-state index contributed by atoms with van der Waals surface area (Å²) in [4.78, 5) is 10.6.